The summed E-state index contributed by atoms with van der Waals surface area (Å²) in [6.45, 7) is 0. The van der Waals surface area contributed by atoms with Gasteiger partial charge in [0.25, 0.3) is 11.8 Å². The molecule has 0 aliphatic rings. The number of benzene rings is 2. The first-order chi connectivity index (χ1) is 10.7. The molecule has 0 saturated heterocycles. The van der Waals surface area contributed by atoms with Crippen LogP contribution in [0.2, 0.25) is 0 Å². The second kappa shape index (κ2) is 5.85. The van der Waals surface area contributed by atoms with E-state index in [0.717, 1.165) is 0 Å². The predicted octanol–water partition coefficient (Wildman–Crippen LogP) is 3.56. The van der Waals surface area contributed by atoms with E-state index in [9.17, 15) is 4.39 Å². The van der Waals surface area contributed by atoms with Crippen molar-refractivity contribution in [3.8, 4) is 34.4 Å². The number of methoxy groups -OCH3 is 2. The van der Waals surface area contributed by atoms with E-state index in [-0.39, 0.29) is 17.3 Å². The van der Waals surface area contributed by atoms with E-state index < -0.39 is 5.82 Å². The summed E-state index contributed by atoms with van der Waals surface area (Å²) >= 11 is 0. The second-order valence-electron chi connectivity index (χ2n) is 4.46. The fourth-order valence-corrected chi connectivity index (χ4v) is 2.05. The number of nitrogens with zero attached hydrogens (tertiary/aromatic N) is 2. The summed E-state index contributed by atoms with van der Waals surface area (Å²) in [5.74, 6) is 1.13. The molecular weight excluding hydrogens is 287 g/mol. The van der Waals surface area contributed by atoms with Crippen LogP contribution in [-0.2, 0) is 0 Å². The number of rotatable bonds is 4. The standard InChI is InChI=1S/C16H13FN2O3/c1-20-10-7-8-12(14(9-10)21-2)16-19-18-15(22-16)11-5-3-4-6-13(11)17/h3-9H,1-2H3. The van der Waals surface area contributed by atoms with Crippen molar-refractivity contribution in [1.29, 1.82) is 0 Å². The van der Waals surface area contributed by atoms with Gasteiger partial charge in [-0.15, -0.1) is 10.2 Å². The molecule has 112 valence electrons. The van der Waals surface area contributed by atoms with Gasteiger partial charge in [-0.25, -0.2) is 4.39 Å². The topological polar surface area (TPSA) is 57.4 Å². The summed E-state index contributed by atoms with van der Waals surface area (Å²) in [5, 5.41) is 7.86. The van der Waals surface area contributed by atoms with Crippen LogP contribution in [0.4, 0.5) is 4.39 Å². The van der Waals surface area contributed by atoms with Gasteiger partial charge in [0, 0.05) is 6.07 Å². The van der Waals surface area contributed by atoms with Crippen molar-refractivity contribution in [3.05, 3.63) is 48.3 Å². The van der Waals surface area contributed by atoms with Crippen LogP contribution in [0.5, 0.6) is 11.5 Å². The van der Waals surface area contributed by atoms with Gasteiger partial charge in [-0.1, -0.05) is 12.1 Å². The van der Waals surface area contributed by atoms with Gasteiger partial charge in [0.2, 0.25) is 0 Å². The van der Waals surface area contributed by atoms with Crippen molar-refractivity contribution in [1.82, 2.24) is 10.2 Å². The number of aromatic nitrogens is 2. The van der Waals surface area contributed by atoms with Gasteiger partial charge in [-0.2, -0.15) is 0 Å². The average molecular weight is 300 g/mol. The van der Waals surface area contributed by atoms with Gasteiger partial charge in [-0.05, 0) is 24.3 Å². The maximum absolute atomic E-state index is 13.8. The van der Waals surface area contributed by atoms with Gasteiger partial charge in [0.05, 0.1) is 25.3 Å². The van der Waals surface area contributed by atoms with Crippen LogP contribution >= 0.6 is 0 Å². The van der Waals surface area contributed by atoms with Gasteiger partial charge in [0.1, 0.15) is 17.3 Å². The zero-order valence-corrected chi connectivity index (χ0v) is 12.0. The average Bonchev–Trinajstić information content (AvgIpc) is 3.04. The van der Waals surface area contributed by atoms with Crippen LogP contribution < -0.4 is 9.47 Å². The Morgan fingerprint density at radius 2 is 1.64 bits per heavy atom. The SMILES string of the molecule is COc1ccc(-c2nnc(-c3ccccc3F)o2)c(OC)c1. The Morgan fingerprint density at radius 3 is 2.32 bits per heavy atom. The maximum atomic E-state index is 13.8. The molecule has 0 aliphatic heterocycles. The van der Waals surface area contributed by atoms with Gasteiger partial charge >= 0.3 is 0 Å². The zero-order valence-electron chi connectivity index (χ0n) is 12.0. The van der Waals surface area contributed by atoms with Crippen LogP contribution in [0.15, 0.2) is 46.9 Å². The van der Waals surface area contributed by atoms with Gasteiger partial charge in [0.15, 0.2) is 0 Å². The summed E-state index contributed by atoms with van der Waals surface area (Å²) in [7, 11) is 3.10. The Labute approximate surface area is 126 Å². The zero-order chi connectivity index (χ0) is 15.5. The molecule has 5 nitrogen and oxygen atoms in total. The molecule has 0 aliphatic carbocycles. The first-order valence-corrected chi connectivity index (χ1v) is 6.53. The van der Waals surface area contributed by atoms with Crippen molar-refractivity contribution < 1.29 is 18.3 Å². The molecule has 0 unspecified atom stereocenters. The van der Waals surface area contributed by atoms with E-state index in [0.29, 0.717) is 17.1 Å². The molecule has 6 heteroatoms. The fourth-order valence-electron chi connectivity index (χ4n) is 2.05. The highest BCUT2D eigenvalue weighted by Gasteiger charge is 2.17. The normalized spacial score (nSPS) is 10.5. The quantitative estimate of drug-likeness (QED) is 0.737. The Balaban J connectivity index is 2.03. The molecule has 22 heavy (non-hydrogen) atoms. The number of hydrogen-bond donors (Lipinski definition) is 0. The van der Waals surface area contributed by atoms with Gasteiger partial charge in [-0.3, -0.25) is 0 Å². The monoisotopic (exact) mass is 300 g/mol. The van der Waals surface area contributed by atoms with Crippen molar-refractivity contribution in [2.45, 2.75) is 0 Å². The lowest BCUT2D eigenvalue weighted by atomic mass is 10.2. The molecule has 0 bridgehead atoms. The van der Waals surface area contributed by atoms with Gasteiger partial charge < -0.3 is 13.9 Å². The molecule has 3 rings (SSSR count). The molecule has 3 aromatic rings. The van der Waals surface area contributed by atoms with Crippen molar-refractivity contribution in [2.75, 3.05) is 14.2 Å². The molecule has 0 atom stereocenters. The Morgan fingerprint density at radius 1 is 0.909 bits per heavy atom. The summed E-state index contributed by atoms with van der Waals surface area (Å²) in [4.78, 5) is 0. The van der Waals surface area contributed by atoms with Crippen molar-refractivity contribution >= 4 is 0 Å². The molecule has 1 heterocycles. The molecule has 0 spiro atoms. The summed E-state index contributed by atoms with van der Waals surface area (Å²) in [6.07, 6.45) is 0. The Kier molecular flexibility index (Phi) is 3.74. The highest BCUT2D eigenvalue weighted by atomic mass is 19.1. The molecule has 2 aromatic carbocycles. The van der Waals surface area contributed by atoms with Crippen LogP contribution in [0.1, 0.15) is 0 Å². The lowest BCUT2D eigenvalue weighted by molar-refractivity contribution is 0.394. The number of ether oxygens (including phenoxy) is 2. The molecule has 0 saturated carbocycles. The van der Waals surface area contributed by atoms with E-state index in [2.05, 4.69) is 10.2 Å². The Hall–Kier alpha value is -2.89. The molecular formula is C16H13FN2O3. The van der Waals surface area contributed by atoms with Crippen molar-refractivity contribution in [3.63, 3.8) is 0 Å². The minimum absolute atomic E-state index is 0.117. The number of hydrogen-bond acceptors (Lipinski definition) is 5. The third kappa shape index (κ3) is 2.50. The molecule has 0 N–H and O–H groups in total. The lowest BCUT2D eigenvalue weighted by Crippen LogP contribution is -1.90. The first-order valence-electron chi connectivity index (χ1n) is 6.53. The van der Waals surface area contributed by atoms with E-state index in [1.54, 1.807) is 43.5 Å². The summed E-state index contributed by atoms with van der Waals surface area (Å²) < 4.78 is 29.8. The van der Waals surface area contributed by atoms with Crippen LogP contribution in [0.25, 0.3) is 22.9 Å². The molecule has 0 fully saturated rings. The van der Waals surface area contributed by atoms with E-state index in [1.807, 2.05) is 0 Å². The Bertz CT molecular complexity index is 802. The first kappa shape index (κ1) is 14.1. The summed E-state index contributed by atoms with van der Waals surface area (Å²) in [6, 6.07) is 11.4. The summed E-state index contributed by atoms with van der Waals surface area (Å²) in [5.41, 5.74) is 0.868. The molecule has 1 aromatic heterocycles. The highest BCUT2D eigenvalue weighted by Crippen LogP contribution is 2.34. The second-order valence-corrected chi connectivity index (χ2v) is 4.46. The molecule has 0 amide bonds. The fraction of sp³-hybridized carbons (Fsp3) is 0.125. The van der Waals surface area contributed by atoms with Crippen LogP contribution in [0, 0.1) is 5.82 Å². The maximum Gasteiger partial charge on any atom is 0.251 e. The van der Waals surface area contributed by atoms with Crippen LogP contribution in [0.3, 0.4) is 0 Å². The van der Waals surface area contributed by atoms with Crippen LogP contribution in [-0.4, -0.2) is 24.4 Å². The number of halogens is 1. The predicted molar refractivity (Wildman–Crippen MR) is 78.2 cm³/mol. The lowest BCUT2D eigenvalue weighted by Gasteiger charge is -2.07. The largest absolute Gasteiger partial charge is 0.497 e. The van der Waals surface area contributed by atoms with E-state index >= 15 is 0 Å². The minimum atomic E-state index is -0.417. The third-order valence-electron chi connectivity index (χ3n) is 3.17. The van der Waals surface area contributed by atoms with Crippen molar-refractivity contribution in [2.24, 2.45) is 0 Å². The van der Waals surface area contributed by atoms with E-state index in [1.165, 1.54) is 13.2 Å². The third-order valence-corrected chi connectivity index (χ3v) is 3.17. The smallest absolute Gasteiger partial charge is 0.251 e. The van der Waals surface area contributed by atoms with E-state index in [4.69, 9.17) is 13.9 Å². The molecule has 0 radical (unpaired) electrons. The minimum Gasteiger partial charge on any atom is -0.497 e. The highest BCUT2D eigenvalue weighted by molar-refractivity contribution is 5.65.